The molecule has 1 aromatic heterocycles. The second-order valence-corrected chi connectivity index (χ2v) is 4.14. The number of nitrogens with two attached hydrogens (primary N) is 1. The number of pyridine rings is 1. The molecule has 108 valence electrons. The summed E-state index contributed by atoms with van der Waals surface area (Å²) in [6.45, 7) is 0.360. The van der Waals surface area contributed by atoms with Crippen LogP contribution in [0.4, 0.5) is 4.39 Å². The van der Waals surface area contributed by atoms with Crippen LogP contribution in [0.1, 0.15) is 11.1 Å². The van der Waals surface area contributed by atoms with Gasteiger partial charge in [-0.3, -0.25) is 4.98 Å². The third-order valence-corrected chi connectivity index (χ3v) is 2.71. The van der Waals surface area contributed by atoms with Crippen LogP contribution in [0, 0.1) is 17.7 Å². The summed E-state index contributed by atoms with van der Waals surface area (Å²) in [5.74, 6) is 5.88. The molecule has 2 N–H and O–H groups in total. The van der Waals surface area contributed by atoms with Gasteiger partial charge in [0, 0.05) is 17.3 Å². The number of aromatic nitrogens is 1. The lowest BCUT2D eigenvalue weighted by atomic mass is 10.2. The maximum atomic E-state index is 14.0. The summed E-state index contributed by atoms with van der Waals surface area (Å²) < 4.78 is 24.4. The fourth-order valence-electron chi connectivity index (χ4n) is 1.71. The zero-order valence-corrected chi connectivity index (χ0v) is 11.6. The lowest BCUT2D eigenvalue weighted by Crippen LogP contribution is -2.01. The Kier molecular flexibility index (Phi) is 5.13. The molecule has 0 atom stereocenters. The highest BCUT2D eigenvalue weighted by Crippen LogP contribution is 2.21. The van der Waals surface area contributed by atoms with Crippen molar-refractivity contribution < 1.29 is 13.9 Å². The summed E-state index contributed by atoms with van der Waals surface area (Å²) in [6.07, 6.45) is 3.16. The molecule has 2 rings (SSSR count). The van der Waals surface area contributed by atoms with E-state index in [9.17, 15) is 4.39 Å². The van der Waals surface area contributed by atoms with E-state index < -0.39 is 5.82 Å². The van der Waals surface area contributed by atoms with Crippen molar-refractivity contribution in [1.82, 2.24) is 4.98 Å². The van der Waals surface area contributed by atoms with E-state index in [1.807, 2.05) is 0 Å². The molecule has 1 aromatic carbocycles. The van der Waals surface area contributed by atoms with Crippen LogP contribution in [0.15, 0.2) is 36.7 Å². The van der Waals surface area contributed by atoms with E-state index in [1.165, 1.54) is 7.11 Å². The first-order valence-corrected chi connectivity index (χ1v) is 6.32. The SMILES string of the molecule is COc1cccc(COc2cncc(C#CCN)c2)c1F. The molecule has 2 aromatic rings. The van der Waals surface area contributed by atoms with Gasteiger partial charge in [0.1, 0.15) is 12.4 Å². The predicted octanol–water partition coefficient (Wildman–Crippen LogP) is 2.12. The molecular weight excluding hydrogens is 271 g/mol. The Bertz CT molecular complexity index is 677. The van der Waals surface area contributed by atoms with Crippen LogP contribution in [0.3, 0.4) is 0 Å². The lowest BCUT2D eigenvalue weighted by molar-refractivity contribution is 0.294. The van der Waals surface area contributed by atoms with Gasteiger partial charge in [-0.2, -0.15) is 0 Å². The van der Waals surface area contributed by atoms with E-state index in [0.717, 1.165) is 0 Å². The molecule has 4 nitrogen and oxygen atoms in total. The molecule has 0 aliphatic rings. The van der Waals surface area contributed by atoms with Crippen molar-refractivity contribution in [1.29, 1.82) is 0 Å². The smallest absolute Gasteiger partial charge is 0.171 e. The molecule has 0 radical (unpaired) electrons. The summed E-state index contributed by atoms with van der Waals surface area (Å²) in [7, 11) is 1.42. The number of rotatable bonds is 4. The fraction of sp³-hybridized carbons (Fsp3) is 0.188. The standard InChI is InChI=1S/C16H15FN2O2/c1-20-15-6-2-5-13(16(15)17)11-21-14-8-12(4-3-7-18)9-19-10-14/h2,5-6,8-10H,7,11,18H2,1H3. The summed E-state index contributed by atoms with van der Waals surface area (Å²) >= 11 is 0. The molecule has 0 bridgehead atoms. The third-order valence-electron chi connectivity index (χ3n) is 2.71. The minimum atomic E-state index is -0.424. The first kappa shape index (κ1) is 14.8. The highest BCUT2D eigenvalue weighted by Gasteiger charge is 2.08. The summed E-state index contributed by atoms with van der Waals surface area (Å²) in [5.41, 5.74) is 6.42. The maximum Gasteiger partial charge on any atom is 0.171 e. The van der Waals surface area contributed by atoms with Crippen molar-refractivity contribution in [2.45, 2.75) is 6.61 Å². The number of methoxy groups -OCH3 is 1. The zero-order valence-electron chi connectivity index (χ0n) is 11.6. The molecule has 1 heterocycles. The maximum absolute atomic E-state index is 14.0. The minimum absolute atomic E-state index is 0.0818. The van der Waals surface area contributed by atoms with Gasteiger partial charge in [-0.05, 0) is 12.1 Å². The predicted molar refractivity (Wildman–Crippen MR) is 77.5 cm³/mol. The second kappa shape index (κ2) is 7.27. The largest absolute Gasteiger partial charge is 0.494 e. The highest BCUT2D eigenvalue weighted by molar-refractivity contribution is 5.37. The van der Waals surface area contributed by atoms with Crippen LogP contribution in [-0.4, -0.2) is 18.6 Å². The van der Waals surface area contributed by atoms with Gasteiger partial charge >= 0.3 is 0 Å². The van der Waals surface area contributed by atoms with Crippen LogP contribution >= 0.6 is 0 Å². The number of benzene rings is 1. The molecule has 0 aliphatic heterocycles. The van der Waals surface area contributed by atoms with Crippen molar-refractivity contribution in [3.63, 3.8) is 0 Å². The average molecular weight is 286 g/mol. The Hall–Kier alpha value is -2.58. The van der Waals surface area contributed by atoms with Crippen molar-refractivity contribution in [3.8, 4) is 23.3 Å². The summed E-state index contributed by atoms with van der Waals surface area (Å²) in [6, 6.07) is 6.64. The van der Waals surface area contributed by atoms with Crippen LogP contribution in [0.2, 0.25) is 0 Å². The van der Waals surface area contributed by atoms with Crippen molar-refractivity contribution in [2.75, 3.05) is 13.7 Å². The molecule has 5 heteroatoms. The zero-order chi connectivity index (χ0) is 15.1. The number of hydrogen-bond donors (Lipinski definition) is 1. The first-order chi connectivity index (χ1) is 10.2. The number of hydrogen-bond acceptors (Lipinski definition) is 4. The lowest BCUT2D eigenvalue weighted by Gasteiger charge is -2.09. The normalized spacial score (nSPS) is 9.67. The molecule has 0 saturated heterocycles. The van der Waals surface area contributed by atoms with E-state index >= 15 is 0 Å². The van der Waals surface area contributed by atoms with E-state index in [-0.39, 0.29) is 18.9 Å². The van der Waals surface area contributed by atoms with Gasteiger partial charge in [-0.15, -0.1) is 0 Å². The molecule has 0 fully saturated rings. The number of halogens is 1. The van der Waals surface area contributed by atoms with Crippen LogP contribution < -0.4 is 15.2 Å². The van der Waals surface area contributed by atoms with E-state index in [4.69, 9.17) is 15.2 Å². The van der Waals surface area contributed by atoms with Crippen molar-refractivity contribution in [2.24, 2.45) is 5.73 Å². The highest BCUT2D eigenvalue weighted by atomic mass is 19.1. The molecular formula is C16H15FN2O2. The molecule has 0 spiro atoms. The Labute approximate surface area is 122 Å². The Morgan fingerprint density at radius 3 is 2.95 bits per heavy atom. The van der Waals surface area contributed by atoms with Gasteiger partial charge in [0.05, 0.1) is 19.9 Å². The van der Waals surface area contributed by atoms with Gasteiger partial charge in [-0.1, -0.05) is 24.0 Å². The molecule has 21 heavy (non-hydrogen) atoms. The monoisotopic (exact) mass is 286 g/mol. The quantitative estimate of drug-likeness (QED) is 0.875. The van der Waals surface area contributed by atoms with Crippen LogP contribution in [0.5, 0.6) is 11.5 Å². The van der Waals surface area contributed by atoms with E-state index in [1.54, 1.807) is 36.7 Å². The molecule has 0 aliphatic carbocycles. The molecule has 0 amide bonds. The average Bonchev–Trinajstić information content (AvgIpc) is 2.52. The summed E-state index contributed by atoms with van der Waals surface area (Å²) in [5, 5.41) is 0. The van der Waals surface area contributed by atoms with Crippen LogP contribution in [-0.2, 0) is 6.61 Å². The van der Waals surface area contributed by atoms with Gasteiger partial charge in [0.2, 0.25) is 0 Å². The topological polar surface area (TPSA) is 57.4 Å². The Morgan fingerprint density at radius 2 is 2.19 bits per heavy atom. The summed E-state index contributed by atoms with van der Waals surface area (Å²) in [4.78, 5) is 4.02. The van der Waals surface area contributed by atoms with Gasteiger partial charge in [0.15, 0.2) is 11.6 Å². The van der Waals surface area contributed by atoms with Crippen LogP contribution in [0.25, 0.3) is 0 Å². The van der Waals surface area contributed by atoms with Crippen molar-refractivity contribution >= 4 is 0 Å². The number of ether oxygens (including phenoxy) is 2. The Morgan fingerprint density at radius 1 is 1.33 bits per heavy atom. The minimum Gasteiger partial charge on any atom is -0.494 e. The Balaban J connectivity index is 2.10. The molecule has 0 unspecified atom stereocenters. The molecule has 0 saturated carbocycles. The van der Waals surface area contributed by atoms with Crippen molar-refractivity contribution in [3.05, 3.63) is 53.6 Å². The third kappa shape index (κ3) is 3.94. The van der Waals surface area contributed by atoms with Gasteiger partial charge < -0.3 is 15.2 Å². The first-order valence-electron chi connectivity index (χ1n) is 6.32. The van der Waals surface area contributed by atoms with Gasteiger partial charge in [0.25, 0.3) is 0 Å². The number of nitrogens with zero attached hydrogens (tertiary/aromatic N) is 1. The van der Waals surface area contributed by atoms with Gasteiger partial charge in [-0.25, -0.2) is 4.39 Å². The van der Waals surface area contributed by atoms with E-state index in [0.29, 0.717) is 16.9 Å². The van der Waals surface area contributed by atoms with E-state index in [2.05, 4.69) is 16.8 Å². The fourth-order valence-corrected chi connectivity index (χ4v) is 1.71. The second-order valence-electron chi connectivity index (χ2n) is 4.14.